The van der Waals surface area contributed by atoms with Gasteiger partial charge in [0.15, 0.2) is 0 Å². The first kappa shape index (κ1) is 18.4. The number of nitrogens with one attached hydrogen (secondary N) is 1. The third-order valence-electron chi connectivity index (χ3n) is 4.87. The number of hydrogen-bond acceptors (Lipinski definition) is 2. The first-order valence-corrected chi connectivity index (χ1v) is 9.91. The van der Waals surface area contributed by atoms with E-state index >= 15 is 0 Å². The number of rotatable bonds is 4. The van der Waals surface area contributed by atoms with Crippen LogP contribution in [-0.2, 0) is 17.8 Å². The van der Waals surface area contributed by atoms with Gasteiger partial charge in [0.25, 0.3) is 5.91 Å². The van der Waals surface area contributed by atoms with E-state index in [-0.39, 0.29) is 11.8 Å². The van der Waals surface area contributed by atoms with Crippen LogP contribution < -0.4 is 10.2 Å². The number of para-hydroxylation sites is 1. The molecule has 1 atom stereocenters. The van der Waals surface area contributed by atoms with Gasteiger partial charge in [0.1, 0.15) is 6.04 Å². The molecule has 4 rings (SSSR count). The summed E-state index contributed by atoms with van der Waals surface area (Å²) >= 11 is 3.44. The van der Waals surface area contributed by atoms with Crippen LogP contribution in [-0.4, -0.2) is 17.9 Å². The Labute approximate surface area is 172 Å². The second-order valence-electron chi connectivity index (χ2n) is 6.74. The van der Waals surface area contributed by atoms with Crippen LogP contribution in [0.2, 0.25) is 0 Å². The van der Waals surface area contributed by atoms with E-state index in [1.807, 2.05) is 66.7 Å². The van der Waals surface area contributed by atoms with E-state index in [0.29, 0.717) is 18.5 Å². The summed E-state index contributed by atoms with van der Waals surface area (Å²) in [5, 5.41) is 2.99. The van der Waals surface area contributed by atoms with Gasteiger partial charge in [0.2, 0.25) is 5.91 Å². The molecule has 4 nitrogen and oxygen atoms in total. The van der Waals surface area contributed by atoms with Crippen LogP contribution in [0.1, 0.15) is 21.5 Å². The van der Waals surface area contributed by atoms with E-state index < -0.39 is 6.04 Å². The molecule has 0 bridgehead atoms. The third kappa shape index (κ3) is 3.71. The number of fused-ring (bicyclic) bond motifs is 1. The maximum Gasteiger partial charge on any atom is 0.259 e. The highest BCUT2D eigenvalue weighted by Crippen LogP contribution is 2.33. The molecule has 0 fully saturated rings. The van der Waals surface area contributed by atoms with Crippen molar-refractivity contribution >= 4 is 33.4 Å². The van der Waals surface area contributed by atoms with Crippen molar-refractivity contribution in [2.24, 2.45) is 0 Å². The number of benzene rings is 3. The van der Waals surface area contributed by atoms with Crippen molar-refractivity contribution < 1.29 is 9.59 Å². The zero-order valence-corrected chi connectivity index (χ0v) is 16.7. The van der Waals surface area contributed by atoms with Crippen LogP contribution >= 0.6 is 15.9 Å². The van der Waals surface area contributed by atoms with Gasteiger partial charge >= 0.3 is 0 Å². The fraction of sp³-hybridized carbons (Fsp3) is 0.130. The van der Waals surface area contributed by atoms with Crippen LogP contribution in [0.5, 0.6) is 0 Å². The van der Waals surface area contributed by atoms with Crippen LogP contribution in [0.4, 0.5) is 5.69 Å². The van der Waals surface area contributed by atoms with Gasteiger partial charge < -0.3 is 5.32 Å². The SMILES string of the molecule is O=C(NCc1cccc(Br)c1)[C@H]1Cc2ccccc2N1C(=O)c1ccccc1. The summed E-state index contributed by atoms with van der Waals surface area (Å²) in [7, 11) is 0. The van der Waals surface area contributed by atoms with Crippen LogP contribution in [0.3, 0.4) is 0 Å². The average molecular weight is 435 g/mol. The molecule has 2 amide bonds. The largest absolute Gasteiger partial charge is 0.350 e. The summed E-state index contributed by atoms with van der Waals surface area (Å²) < 4.78 is 0.966. The molecular formula is C23H19BrN2O2. The Bertz CT molecular complexity index is 1020. The van der Waals surface area contributed by atoms with Crippen molar-refractivity contribution in [3.8, 4) is 0 Å². The molecule has 1 aliphatic rings. The molecule has 0 aromatic heterocycles. The van der Waals surface area contributed by atoms with Crippen LogP contribution in [0.25, 0.3) is 0 Å². The normalized spacial score (nSPS) is 15.2. The number of carbonyl (C=O) groups excluding carboxylic acids is 2. The van der Waals surface area contributed by atoms with Crippen molar-refractivity contribution in [1.29, 1.82) is 0 Å². The minimum Gasteiger partial charge on any atom is -0.350 e. The number of carbonyl (C=O) groups is 2. The quantitative estimate of drug-likeness (QED) is 0.663. The van der Waals surface area contributed by atoms with E-state index in [1.54, 1.807) is 17.0 Å². The van der Waals surface area contributed by atoms with E-state index in [4.69, 9.17) is 0 Å². The molecule has 28 heavy (non-hydrogen) atoms. The Balaban J connectivity index is 1.58. The van der Waals surface area contributed by atoms with Crippen LogP contribution in [0.15, 0.2) is 83.3 Å². The smallest absolute Gasteiger partial charge is 0.259 e. The van der Waals surface area contributed by atoms with E-state index in [1.165, 1.54) is 0 Å². The first-order valence-electron chi connectivity index (χ1n) is 9.12. The van der Waals surface area contributed by atoms with Gasteiger partial charge in [0.05, 0.1) is 0 Å². The van der Waals surface area contributed by atoms with Crippen molar-refractivity contribution in [1.82, 2.24) is 5.32 Å². The molecule has 1 N–H and O–H groups in total. The lowest BCUT2D eigenvalue weighted by Crippen LogP contribution is -2.48. The number of nitrogens with zero attached hydrogens (tertiary/aromatic N) is 1. The Morgan fingerprint density at radius 2 is 1.71 bits per heavy atom. The van der Waals surface area contributed by atoms with Gasteiger partial charge in [-0.3, -0.25) is 14.5 Å². The number of hydrogen-bond donors (Lipinski definition) is 1. The highest BCUT2D eigenvalue weighted by atomic mass is 79.9. The maximum absolute atomic E-state index is 13.2. The zero-order valence-electron chi connectivity index (χ0n) is 15.1. The highest BCUT2D eigenvalue weighted by molar-refractivity contribution is 9.10. The zero-order chi connectivity index (χ0) is 19.5. The summed E-state index contributed by atoms with van der Waals surface area (Å²) in [6.07, 6.45) is 0.513. The summed E-state index contributed by atoms with van der Waals surface area (Å²) in [6.45, 7) is 0.415. The predicted octanol–water partition coefficient (Wildman–Crippen LogP) is 4.34. The van der Waals surface area contributed by atoms with Gasteiger partial charge in [0, 0.05) is 28.7 Å². The van der Waals surface area contributed by atoms with Crippen molar-refractivity contribution in [2.45, 2.75) is 19.0 Å². The molecular weight excluding hydrogens is 416 g/mol. The maximum atomic E-state index is 13.2. The van der Waals surface area contributed by atoms with Gasteiger partial charge in [-0.1, -0.05) is 64.5 Å². The monoisotopic (exact) mass is 434 g/mol. The van der Waals surface area contributed by atoms with E-state index in [2.05, 4.69) is 21.2 Å². The second kappa shape index (κ2) is 7.98. The minimum atomic E-state index is -0.558. The summed E-state index contributed by atoms with van der Waals surface area (Å²) in [6, 6.07) is 24.0. The molecule has 5 heteroatoms. The molecule has 1 heterocycles. The van der Waals surface area contributed by atoms with Gasteiger partial charge in [-0.15, -0.1) is 0 Å². The molecule has 0 saturated heterocycles. The van der Waals surface area contributed by atoms with Gasteiger partial charge in [-0.2, -0.15) is 0 Å². The third-order valence-corrected chi connectivity index (χ3v) is 5.37. The number of amides is 2. The summed E-state index contributed by atoms with van der Waals surface area (Å²) in [5.74, 6) is -0.311. The Morgan fingerprint density at radius 3 is 2.50 bits per heavy atom. The van der Waals surface area contributed by atoms with E-state index in [9.17, 15) is 9.59 Å². The lowest BCUT2D eigenvalue weighted by molar-refractivity contribution is -0.122. The standard InChI is InChI=1S/C23H19BrN2O2/c24-19-11-6-7-16(13-19)15-25-22(27)21-14-18-10-4-5-12-20(18)26(21)23(28)17-8-2-1-3-9-17/h1-13,21H,14-15H2,(H,25,27)/t21-/m1/s1. The molecule has 0 aliphatic carbocycles. The fourth-order valence-electron chi connectivity index (χ4n) is 3.52. The molecule has 3 aromatic carbocycles. The van der Waals surface area contributed by atoms with Gasteiger partial charge in [-0.25, -0.2) is 0 Å². The average Bonchev–Trinajstić information content (AvgIpc) is 3.12. The number of anilines is 1. The predicted molar refractivity (Wildman–Crippen MR) is 113 cm³/mol. The lowest BCUT2D eigenvalue weighted by atomic mass is 10.1. The molecule has 0 spiro atoms. The van der Waals surface area contributed by atoms with Crippen molar-refractivity contribution in [3.05, 3.63) is 100 Å². The summed E-state index contributed by atoms with van der Waals surface area (Å²) in [5.41, 5.74) is 3.39. The minimum absolute atomic E-state index is 0.152. The second-order valence-corrected chi connectivity index (χ2v) is 7.65. The number of halogens is 1. The fourth-order valence-corrected chi connectivity index (χ4v) is 3.97. The van der Waals surface area contributed by atoms with Crippen molar-refractivity contribution in [3.63, 3.8) is 0 Å². The van der Waals surface area contributed by atoms with Crippen LogP contribution in [0, 0.1) is 0 Å². The molecule has 3 aromatic rings. The lowest BCUT2D eigenvalue weighted by Gasteiger charge is -2.25. The molecule has 0 unspecified atom stereocenters. The van der Waals surface area contributed by atoms with E-state index in [0.717, 1.165) is 21.3 Å². The summed E-state index contributed by atoms with van der Waals surface area (Å²) in [4.78, 5) is 27.8. The molecule has 0 saturated carbocycles. The Morgan fingerprint density at radius 1 is 0.964 bits per heavy atom. The topological polar surface area (TPSA) is 49.4 Å². The molecule has 0 radical (unpaired) electrons. The van der Waals surface area contributed by atoms with Crippen molar-refractivity contribution in [2.75, 3.05) is 4.90 Å². The first-order chi connectivity index (χ1) is 13.6. The Kier molecular flexibility index (Phi) is 5.26. The van der Waals surface area contributed by atoms with Gasteiger partial charge in [-0.05, 0) is 41.5 Å². The highest BCUT2D eigenvalue weighted by Gasteiger charge is 2.38. The Hall–Kier alpha value is -2.92. The molecule has 1 aliphatic heterocycles. The molecule has 140 valence electrons.